The van der Waals surface area contributed by atoms with E-state index >= 15 is 0 Å². The third kappa shape index (κ3) is 2.21. The van der Waals surface area contributed by atoms with Crippen LogP contribution in [0.15, 0.2) is 12.2 Å². The monoisotopic (exact) mass is 302 g/mol. The van der Waals surface area contributed by atoms with Gasteiger partial charge < -0.3 is 9.47 Å². The predicted octanol–water partition coefficient (Wildman–Crippen LogP) is 4.20. The lowest BCUT2D eigenvalue weighted by atomic mass is 9.72. The van der Waals surface area contributed by atoms with Crippen LogP contribution in [-0.4, -0.2) is 25.4 Å². The largest absolute Gasteiger partial charge is 0.376 e. The first kappa shape index (κ1) is 14.0. The maximum absolute atomic E-state index is 6.29. The lowest BCUT2D eigenvalue weighted by Gasteiger charge is -2.36. The molecule has 2 nitrogen and oxygen atoms in total. The average molecular weight is 302 g/mol. The molecule has 0 heterocycles. The second kappa shape index (κ2) is 5.63. The SMILES string of the molecule is C1=CC2CC1C1C3CC(OCCOC4CCCCC4)C(C3)C21. The van der Waals surface area contributed by atoms with E-state index in [-0.39, 0.29) is 0 Å². The second-order valence-corrected chi connectivity index (χ2v) is 8.54. The molecule has 0 aliphatic heterocycles. The van der Waals surface area contributed by atoms with Crippen LogP contribution < -0.4 is 0 Å². The summed E-state index contributed by atoms with van der Waals surface area (Å²) in [6.45, 7) is 1.64. The molecule has 2 heteroatoms. The Hall–Kier alpha value is -0.340. The normalized spacial score (nSPS) is 49.2. The zero-order valence-corrected chi connectivity index (χ0v) is 13.7. The molecular formula is C20H30O2. The van der Waals surface area contributed by atoms with Gasteiger partial charge in [-0.2, -0.15) is 0 Å². The van der Waals surface area contributed by atoms with Crippen LogP contribution >= 0.6 is 0 Å². The maximum Gasteiger partial charge on any atom is 0.0704 e. The highest BCUT2D eigenvalue weighted by atomic mass is 16.5. The van der Waals surface area contributed by atoms with Crippen molar-refractivity contribution in [2.75, 3.05) is 13.2 Å². The Morgan fingerprint density at radius 1 is 0.773 bits per heavy atom. The van der Waals surface area contributed by atoms with Crippen molar-refractivity contribution in [2.45, 2.75) is 63.6 Å². The fourth-order valence-corrected chi connectivity index (χ4v) is 6.79. The molecule has 0 aromatic carbocycles. The molecule has 0 amide bonds. The van der Waals surface area contributed by atoms with Crippen molar-refractivity contribution in [2.24, 2.45) is 35.5 Å². The summed E-state index contributed by atoms with van der Waals surface area (Å²) < 4.78 is 12.3. The van der Waals surface area contributed by atoms with E-state index in [0.29, 0.717) is 12.2 Å². The zero-order chi connectivity index (χ0) is 14.5. The molecule has 4 bridgehead atoms. The van der Waals surface area contributed by atoms with Crippen molar-refractivity contribution in [3.05, 3.63) is 12.2 Å². The Kier molecular flexibility index (Phi) is 3.59. The lowest BCUT2D eigenvalue weighted by molar-refractivity contribution is -0.0601. The van der Waals surface area contributed by atoms with Crippen molar-refractivity contribution >= 4 is 0 Å². The predicted molar refractivity (Wildman–Crippen MR) is 86.5 cm³/mol. The highest BCUT2D eigenvalue weighted by Gasteiger charge is 2.61. The fourth-order valence-electron chi connectivity index (χ4n) is 6.79. The van der Waals surface area contributed by atoms with Crippen LogP contribution in [0.3, 0.4) is 0 Å². The van der Waals surface area contributed by atoms with Crippen molar-refractivity contribution in [3.63, 3.8) is 0 Å². The highest BCUT2D eigenvalue weighted by molar-refractivity contribution is 5.20. The Balaban J connectivity index is 1.10. The molecule has 4 saturated carbocycles. The quantitative estimate of drug-likeness (QED) is 0.430. The lowest BCUT2D eigenvalue weighted by Crippen LogP contribution is -2.35. The molecule has 22 heavy (non-hydrogen) atoms. The fraction of sp³-hybridized carbons (Fsp3) is 0.900. The highest BCUT2D eigenvalue weighted by Crippen LogP contribution is 2.65. The Labute approximate surface area is 134 Å². The van der Waals surface area contributed by atoms with E-state index in [2.05, 4.69) is 12.2 Å². The second-order valence-electron chi connectivity index (χ2n) is 8.54. The van der Waals surface area contributed by atoms with Crippen molar-refractivity contribution < 1.29 is 9.47 Å². The minimum Gasteiger partial charge on any atom is -0.376 e. The number of hydrogen-bond acceptors (Lipinski definition) is 2. The molecule has 0 spiro atoms. The summed E-state index contributed by atoms with van der Waals surface area (Å²) in [6, 6.07) is 0. The molecule has 122 valence electrons. The van der Waals surface area contributed by atoms with Gasteiger partial charge in [0.1, 0.15) is 0 Å². The average Bonchev–Trinajstić information content (AvgIpc) is 3.30. The van der Waals surface area contributed by atoms with Gasteiger partial charge in [0, 0.05) is 0 Å². The summed E-state index contributed by atoms with van der Waals surface area (Å²) in [5, 5.41) is 0. The number of rotatable bonds is 5. The van der Waals surface area contributed by atoms with Gasteiger partial charge in [0.2, 0.25) is 0 Å². The number of ether oxygens (including phenoxy) is 2. The summed E-state index contributed by atoms with van der Waals surface area (Å²) in [4.78, 5) is 0. The minimum atomic E-state index is 0.525. The van der Waals surface area contributed by atoms with Gasteiger partial charge in [-0.05, 0) is 67.6 Å². The van der Waals surface area contributed by atoms with Crippen LogP contribution in [0.1, 0.15) is 51.4 Å². The summed E-state index contributed by atoms with van der Waals surface area (Å²) in [5.74, 6) is 5.66. The van der Waals surface area contributed by atoms with Crippen molar-refractivity contribution in [1.82, 2.24) is 0 Å². The van der Waals surface area contributed by atoms with E-state index in [0.717, 1.165) is 48.7 Å². The zero-order valence-electron chi connectivity index (χ0n) is 13.7. The molecule has 5 aliphatic rings. The van der Waals surface area contributed by atoms with Gasteiger partial charge in [-0.25, -0.2) is 0 Å². The summed E-state index contributed by atoms with van der Waals surface area (Å²) >= 11 is 0. The topological polar surface area (TPSA) is 18.5 Å². The van der Waals surface area contributed by atoms with Gasteiger partial charge in [0.25, 0.3) is 0 Å². The van der Waals surface area contributed by atoms with Crippen LogP contribution in [-0.2, 0) is 9.47 Å². The van der Waals surface area contributed by atoms with E-state index in [1.807, 2.05) is 0 Å². The van der Waals surface area contributed by atoms with Gasteiger partial charge in [0.15, 0.2) is 0 Å². The molecule has 0 aromatic heterocycles. The van der Waals surface area contributed by atoms with Crippen LogP contribution in [0.4, 0.5) is 0 Å². The third-order valence-electron chi connectivity index (χ3n) is 7.53. The van der Waals surface area contributed by atoms with Crippen LogP contribution in [0.25, 0.3) is 0 Å². The van der Waals surface area contributed by atoms with Crippen LogP contribution in [0.5, 0.6) is 0 Å². The molecule has 4 fully saturated rings. The Morgan fingerprint density at radius 2 is 1.55 bits per heavy atom. The first-order chi connectivity index (χ1) is 10.9. The molecule has 0 aromatic rings. The Morgan fingerprint density at radius 3 is 2.41 bits per heavy atom. The van der Waals surface area contributed by atoms with E-state index in [9.17, 15) is 0 Å². The number of allylic oxidation sites excluding steroid dienone is 2. The van der Waals surface area contributed by atoms with Crippen LogP contribution in [0.2, 0.25) is 0 Å². The summed E-state index contributed by atoms with van der Waals surface area (Å²) in [7, 11) is 0. The maximum atomic E-state index is 6.29. The first-order valence-corrected chi connectivity index (χ1v) is 9.81. The Bertz CT molecular complexity index is 439. The molecule has 0 N–H and O–H groups in total. The summed E-state index contributed by atoms with van der Waals surface area (Å²) in [6.07, 6.45) is 17.0. The molecule has 0 radical (unpaired) electrons. The number of hydrogen-bond donors (Lipinski definition) is 0. The molecular weight excluding hydrogens is 272 g/mol. The minimum absolute atomic E-state index is 0.525. The van der Waals surface area contributed by atoms with E-state index < -0.39 is 0 Å². The van der Waals surface area contributed by atoms with E-state index in [1.54, 1.807) is 0 Å². The van der Waals surface area contributed by atoms with Crippen LogP contribution in [0, 0.1) is 35.5 Å². The summed E-state index contributed by atoms with van der Waals surface area (Å²) in [5.41, 5.74) is 0. The van der Waals surface area contributed by atoms with Gasteiger partial charge >= 0.3 is 0 Å². The number of fused-ring (bicyclic) bond motifs is 9. The van der Waals surface area contributed by atoms with Crippen molar-refractivity contribution in [3.8, 4) is 0 Å². The van der Waals surface area contributed by atoms with Gasteiger partial charge in [-0.15, -0.1) is 0 Å². The molecule has 7 unspecified atom stereocenters. The molecule has 5 rings (SSSR count). The van der Waals surface area contributed by atoms with Gasteiger partial charge in [0.05, 0.1) is 25.4 Å². The standard InChI is InChI=1S/C20H30O2/c1-2-4-16(5-3-1)21-8-9-22-18-12-15-11-17(18)20-14-7-6-13(10-14)19(15)20/h6-7,13-20H,1-5,8-12H2. The van der Waals surface area contributed by atoms with Gasteiger partial charge in [-0.1, -0.05) is 31.4 Å². The smallest absolute Gasteiger partial charge is 0.0704 e. The molecule has 0 saturated heterocycles. The first-order valence-electron chi connectivity index (χ1n) is 9.81. The van der Waals surface area contributed by atoms with Crippen molar-refractivity contribution in [1.29, 1.82) is 0 Å². The van der Waals surface area contributed by atoms with Gasteiger partial charge in [-0.3, -0.25) is 0 Å². The van der Waals surface area contributed by atoms with E-state index in [1.165, 1.54) is 51.4 Å². The van der Waals surface area contributed by atoms with E-state index in [4.69, 9.17) is 9.47 Å². The third-order valence-corrected chi connectivity index (χ3v) is 7.53. The molecule has 7 atom stereocenters. The molecule has 5 aliphatic carbocycles.